The van der Waals surface area contributed by atoms with Crippen molar-refractivity contribution in [2.75, 3.05) is 11.9 Å². The third-order valence-electron chi connectivity index (χ3n) is 7.44. The van der Waals surface area contributed by atoms with Gasteiger partial charge in [0.25, 0.3) is 0 Å². The number of ether oxygens (including phenoxy) is 3. The molecule has 0 fully saturated rings. The minimum absolute atomic E-state index is 0.130. The normalized spacial score (nSPS) is 18.5. The van der Waals surface area contributed by atoms with Gasteiger partial charge in [0.2, 0.25) is 0 Å². The van der Waals surface area contributed by atoms with Crippen LogP contribution in [0.15, 0.2) is 66.7 Å². The molecule has 204 valence electrons. The molecule has 0 saturated heterocycles. The molecule has 0 aromatic heterocycles. The number of unbranched alkanes of at least 4 members (excludes halogenated alkanes) is 1. The third-order valence-corrected chi connectivity index (χ3v) is 7.44. The van der Waals surface area contributed by atoms with Gasteiger partial charge in [-0.25, -0.2) is 0 Å². The van der Waals surface area contributed by atoms with Crippen LogP contribution in [-0.2, 0) is 28.0 Å². The number of fused-ring (bicyclic) bond motifs is 1. The van der Waals surface area contributed by atoms with E-state index in [2.05, 4.69) is 121 Å². The molecule has 4 rings (SSSR count). The van der Waals surface area contributed by atoms with Crippen molar-refractivity contribution in [3.8, 4) is 5.75 Å². The van der Waals surface area contributed by atoms with Gasteiger partial charge in [0.05, 0.1) is 6.61 Å². The lowest BCUT2D eigenvalue weighted by Crippen LogP contribution is -2.51. The molecular formula is C34H45NO3. The Morgan fingerprint density at radius 3 is 2.37 bits per heavy atom. The Kier molecular flexibility index (Phi) is 8.85. The third kappa shape index (κ3) is 6.78. The summed E-state index contributed by atoms with van der Waals surface area (Å²) in [6.45, 7) is 17.2. The smallest absolute Gasteiger partial charge is 0.132 e. The quantitative estimate of drug-likeness (QED) is 0.275. The lowest BCUT2D eigenvalue weighted by atomic mass is 9.86. The Hall–Kier alpha value is -2.82. The first kappa shape index (κ1) is 28.2. The van der Waals surface area contributed by atoms with Crippen LogP contribution in [0.2, 0.25) is 0 Å². The number of nitrogens with one attached hydrogen (secondary N) is 1. The Labute approximate surface area is 229 Å². The van der Waals surface area contributed by atoms with Gasteiger partial charge in [-0.3, -0.25) is 0 Å². The van der Waals surface area contributed by atoms with Crippen molar-refractivity contribution in [3.05, 3.63) is 94.5 Å². The summed E-state index contributed by atoms with van der Waals surface area (Å²) >= 11 is 0. The largest absolute Gasteiger partial charge is 0.485 e. The van der Waals surface area contributed by atoms with Gasteiger partial charge in [-0.1, -0.05) is 82.6 Å². The van der Waals surface area contributed by atoms with Crippen molar-refractivity contribution >= 4 is 5.69 Å². The van der Waals surface area contributed by atoms with E-state index in [9.17, 15) is 0 Å². The molecule has 1 heterocycles. The van der Waals surface area contributed by atoms with E-state index >= 15 is 0 Å². The maximum Gasteiger partial charge on any atom is 0.132 e. The monoisotopic (exact) mass is 515 g/mol. The first-order valence-electron chi connectivity index (χ1n) is 14.0. The van der Waals surface area contributed by atoms with Gasteiger partial charge in [0, 0.05) is 24.4 Å². The summed E-state index contributed by atoms with van der Waals surface area (Å²) in [6.07, 6.45) is 1.64. The molecule has 2 atom stereocenters. The van der Waals surface area contributed by atoms with E-state index in [1.165, 1.54) is 16.7 Å². The maximum atomic E-state index is 6.62. The summed E-state index contributed by atoms with van der Waals surface area (Å²) in [5.74, 6) is 0.868. The molecule has 3 aromatic rings. The first-order valence-corrected chi connectivity index (χ1v) is 14.0. The lowest BCUT2D eigenvalue weighted by Gasteiger charge is -2.44. The molecule has 0 aliphatic carbocycles. The molecule has 1 aliphatic heterocycles. The number of rotatable bonds is 10. The van der Waals surface area contributed by atoms with E-state index in [0.29, 0.717) is 13.2 Å². The van der Waals surface area contributed by atoms with Crippen LogP contribution in [0.25, 0.3) is 0 Å². The van der Waals surface area contributed by atoms with Crippen molar-refractivity contribution in [3.63, 3.8) is 0 Å². The van der Waals surface area contributed by atoms with E-state index in [-0.39, 0.29) is 17.6 Å². The zero-order valence-electron chi connectivity index (χ0n) is 24.3. The van der Waals surface area contributed by atoms with E-state index in [1.807, 2.05) is 0 Å². The summed E-state index contributed by atoms with van der Waals surface area (Å²) in [7, 11) is 0. The van der Waals surface area contributed by atoms with E-state index in [4.69, 9.17) is 14.2 Å². The molecule has 1 N–H and O–H groups in total. The van der Waals surface area contributed by atoms with E-state index in [1.54, 1.807) is 0 Å². The van der Waals surface area contributed by atoms with Crippen molar-refractivity contribution in [2.24, 2.45) is 0 Å². The summed E-state index contributed by atoms with van der Waals surface area (Å²) in [6, 6.07) is 23.6. The number of benzene rings is 3. The zero-order valence-corrected chi connectivity index (χ0v) is 24.3. The van der Waals surface area contributed by atoms with Gasteiger partial charge >= 0.3 is 0 Å². The number of aryl methyl sites for hydroxylation is 1. The van der Waals surface area contributed by atoms with Crippen LogP contribution in [0, 0.1) is 6.92 Å². The fourth-order valence-corrected chi connectivity index (χ4v) is 4.96. The van der Waals surface area contributed by atoms with E-state index in [0.717, 1.165) is 42.0 Å². The highest BCUT2D eigenvalue weighted by atomic mass is 16.6. The molecule has 0 amide bonds. The molecule has 4 nitrogen and oxygen atoms in total. The minimum Gasteiger partial charge on any atom is -0.485 e. The van der Waals surface area contributed by atoms with Gasteiger partial charge in [-0.15, -0.1) is 0 Å². The molecule has 0 spiro atoms. The van der Waals surface area contributed by atoms with Crippen LogP contribution in [0.1, 0.15) is 88.3 Å². The van der Waals surface area contributed by atoms with Crippen molar-refractivity contribution in [1.29, 1.82) is 0 Å². The fourth-order valence-electron chi connectivity index (χ4n) is 4.96. The van der Waals surface area contributed by atoms with Crippen LogP contribution < -0.4 is 10.1 Å². The van der Waals surface area contributed by atoms with Crippen LogP contribution >= 0.6 is 0 Å². The van der Waals surface area contributed by atoms with Gasteiger partial charge in [-0.05, 0) is 73.1 Å². The molecule has 1 aliphatic rings. The predicted molar refractivity (Wildman–Crippen MR) is 157 cm³/mol. The molecular weight excluding hydrogens is 470 g/mol. The van der Waals surface area contributed by atoms with Crippen LogP contribution in [0.3, 0.4) is 0 Å². The Bertz CT molecular complexity index is 1190. The second-order valence-electron chi connectivity index (χ2n) is 12.1. The van der Waals surface area contributed by atoms with Crippen LogP contribution in [0.5, 0.6) is 5.75 Å². The maximum absolute atomic E-state index is 6.62. The first-order chi connectivity index (χ1) is 18.1. The molecule has 4 heteroatoms. The second-order valence-corrected chi connectivity index (χ2v) is 12.1. The average molecular weight is 516 g/mol. The molecule has 0 bridgehead atoms. The summed E-state index contributed by atoms with van der Waals surface area (Å²) in [5.41, 5.74) is 6.74. The van der Waals surface area contributed by atoms with Crippen molar-refractivity contribution in [2.45, 2.75) is 97.7 Å². The topological polar surface area (TPSA) is 39.7 Å². The molecule has 3 aromatic carbocycles. The van der Waals surface area contributed by atoms with E-state index < -0.39 is 5.60 Å². The van der Waals surface area contributed by atoms with Gasteiger partial charge in [0.1, 0.15) is 23.6 Å². The molecule has 38 heavy (non-hydrogen) atoms. The molecule has 0 saturated carbocycles. The number of hydrogen-bond donors (Lipinski definition) is 1. The van der Waals surface area contributed by atoms with Crippen molar-refractivity contribution < 1.29 is 14.2 Å². The Morgan fingerprint density at radius 1 is 0.947 bits per heavy atom. The highest BCUT2D eigenvalue weighted by Crippen LogP contribution is 2.44. The second kappa shape index (κ2) is 11.9. The van der Waals surface area contributed by atoms with Crippen LogP contribution in [0.4, 0.5) is 5.69 Å². The zero-order chi connectivity index (χ0) is 27.3. The van der Waals surface area contributed by atoms with Gasteiger partial charge in [0.15, 0.2) is 0 Å². The number of anilines is 1. The summed E-state index contributed by atoms with van der Waals surface area (Å²) in [4.78, 5) is 0. The van der Waals surface area contributed by atoms with Gasteiger partial charge in [-0.2, -0.15) is 0 Å². The van der Waals surface area contributed by atoms with Crippen LogP contribution in [-0.4, -0.2) is 18.3 Å². The SMILES string of the molecule is CCCCOC1c2cc(NCc3ccccc3C)ccc2OC(C)(C)C1OCc1ccc(C(C)(C)C)cc1. The minimum atomic E-state index is -0.536. The Morgan fingerprint density at radius 2 is 1.68 bits per heavy atom. The fraction of sp³-hybridized carbons (Fsp3) is 0.471. The predicted octanol–water partition coefficient (Wildman–Crippen LogP) is 8.52. The number of hydrogen-bond acceptors (Lipinski definition) is 4. The van der Waals surface area contributed by atoms with Crippen molar-refractivity contribution in [1.82, 2.24) is 0 Å². The highest BCUT2D eigenvalue weighted by molar-refractivity contribution is 5.54. The lowest BCUT2D eigenvalue weighted by molar-refractivity contribution is -0.167. The summed E-state index contributed by atoms with van der Waals surface area (Å²) < 4.78 is 19.7. The highest BCUT2D eigenvalue weighted by Gasteiger charge is 2.45. The summed E-state index contributed by atoms with van der Waals surface area (Å²) in [5, 5.41) is 3.60. The molecule has 0 radical (unpaired) electrons. The average Bonchev–Trinajstić information content (AvgIpc) is 2.87. The van der Waals surface area contributed by atoms with Gasteiger partial charge < -0.3 is 19.5 Å². The standard InChI is InChI=1S/C34H45NO3/c1-8-9-20-36-31-29-21-28(35-22-26-13-11-10-12-24(26)2)18-19-30(29)38-34(6,7)32(31)37-23-25-14-16-27(17-15-25)33(3,4)5/h10-19,21,31-32,35H,8-9,20,22-23H2,1-7H3. The molecule has 2 unspecified atom stereocenters. The Balaban J connectivity index is 1.56.